The summed E-state index contributed by atoms with van der Waals surface area (Å²) in [5.41, 5.74) is 5.25. The van der Waals surface area contributed by atoms with Crippen molar-refractivity contribution in [2.45, 2.75) is 13.3 Å². The summed E-state index contributed by atoms with van der Waals surface area (Å²) in [4.78, 5) is 13.3. The molecule has 0 radical (unpaired) electrons. The van der Waals surface area contributed by atoms with Gasteiger partial charge in [-0.3, -0.25) is 4.79 Å². The van der Waals surface area contributed by atoms with Crippen LogP contribution in [0.3, 0.4) is 0 Å². The zero-order chi connectivity index (χ0) is 12.4. The van der Waals surface area contributed by atoms with Gasteiger partial charge in [0, 0.05) is 25.3 Å². The van der Waals surface area contributed by atoms with Crippen LogP contribution in [0.5, 0.6) is 0 Å². The molecule has 0 saturated heterocycles. The van der Waals surface area contributed by atoms with E-state index < -0.39 is 0 Å². The second kappa shape index (κ2) is 4.58. The van der Waals surface area contributed by atoms with Gasteiger partial charge in [0.2, 0.25) is 0 Å². The van der Waals surface area contributed by atoms with Crippen LogP contribution in [-0.4, -0.2) is 20.4 Å². The third-order valence-corrected chi connectivity index (χ3v) is 3.20. The van der Waals surface area contributed by atoms with Crippen LogP contribution in [0.4, 0.5) is 5.69 Å². The Morgan fingerprint density at radius 2 is 2.06 bits per heavy atom. The molecule has 0 amide bonds. The molecule has 17 heavy (non-hydrogen) atoms. The highest BCUT2D eigenvalue weighted by molar-refractivity contribution is 5.90. The largest absolute Gasteiger partial charge is 0.377 e. The average Bonchev–Trinajstić information content (AvgIpc) is 2.81. The van der Waals surface area contributed by atoms with Gasteiger partial charge < -0.3 is 4.90 Å². The number of anilines is 1. The lowest BCUT2D eigenvalue weighted by atomic mass is 9.94. The van der Waals surface area contributed by atoms with Gasteiger partial charge in [-0.2, -0.15) is 0 Å². The number of nitrogens with zero attached hydrogens (tertiary/aromatic N) is 1. The average molecular weight is 227 g/mol. The molecule has 1 aromatic carbocycles. The van der Waals surface area contributed by atoms with Crippen molar-refractivity contribution in [3.63, 3.8) is 0 Å². The quantitative estimate of drug-likeness (QED) is 0.739. The predicted octanol–water partition coefficient (Wildman–Crippen LogP) is 3.22. The van der Waals surface area contributed by atoms with E-state index in [9.17, 15) is 4.79 Å². The molecule has 2 heteroatoms. The zero-order valence-electron chi connectivity index (χ0n) is 10.5. The number of hydrogen-bond donors (Lipinski definition) is 0. The lowest BCUT2D eigenvalue weighted by Crippen LogP contribution is -2.12. The van der Waals surface area contributed by atoms with E-state index in [1.54, 1.807) is 0 Å². The standard InChI is InChI=1S/C15H17NO/c1-11-14(10-17)13(12-6-4-5-7-12)8-9-15(11)16(2)3/h4-6,8-10H,7H2,1-3H3. The maximum Gasteiger partial charge on any atom is 0.151 e. The number of carbonyl (C=O) groups excluding carboxylic acids is 1. The normalized spacial score (nSPS) is 13.7. The first kappa shape index (κ1) is 11.6. The van der Waals surface area contributed by atoms with Crippen LogP contribution in [0.1, 0.15) is 27.9 Å². The maximum absolute atomic E-state index is 11.3. The van der Waals surface area contributed by atoms with Crippen molar-refractivity contribution < 1.29 is 4.79 Å². The molecule has 1 aromatic rings. The fourth-order valence-electron chi connectivity index (χ4n) is 2.28. The fraction of sp³-hybridized carbons (Fsp3) is 0.267. The molecule has 2 nitrogen and oxygen atoms in total. The number of benzene rings is 1. The van der Waals surface area contributed by atoms with Crippen LogP contribution in [0, 0.1) is 6.92 Å². The second-order valence-corrected chi connectivity index (χ2v) is 4.51. The first-order chi connectivity index (χ1) is 8.15. The van der Waals surface area contributed by atoms with Gasteiger partial charge in [0.25, 0.3) is 0 Å². The predicted molar refractivity (Wildman–Crippen MR) is 72.6 cm³/mol. The Kier molecular flexibility index (Phi) is 3.14. The molecule has 0 spiro atoms. The first-order valence-electron chi connectivity index (χ1n) is 5.77. The van der Waals surface area contributed by atoms with Crippen LogP contribution in [0.25, 0.3) is 5.57 Å². The van der Waals surface area contributed by atoms with Gasteiger partial charge in [0.1, 0.15) is 0 Å². The Bertz CT molecular complexity index is 510. The van der Waals surface area contributed by atoms with Gasteiger partial charge in [-0.25, -0.2) is 0 Å². The highest BCUT2D eigenvalue weighted by Crippen LogP contribution is 2.31. The van der Waals surface area contributed by atoms with Gasteiger partial charge in [-0.05, 0) is 36.1 Å². The summed E-state index contributed by atoms with van der Waals surface area (Å²) < 4.78 is 0. The first-order valence-corrected chi connectivity index (χ1v) is 5.77. The Morgan fingerprint density at radius 3 is 2.59 bits per heavy atom. The molecule has 0 heterocycles. The lowest BCUT2D eigenvalue weighted by Gasteiger charge is -2.19. The highest BCUT2D eigenvalue weighted by atomic mass is 16.1. The summed E-state index contributed by atoms with van der Waals surface area (Å²) in [6.45, 7) is 2.01. The van der Waals surface area contributed by atoms with E-state index in [1.807, 2.05) is 38.1 Å². The fourth-order valence-corrected chi connectivity index (χ4v) is 2.28. The second-order valence-electron chi connectivity index (χ2n) is 4.51. The van der Waals surface area contributed by atoms with Crippen LogP contribution in [0.2, 0.25) is 0 Å². The van der Waals surface area contributed by atoms with Crippen molar-refractivity contribution in [3.8, 4) is 0 Å². The van der Waals surface area contributed by atoms with Crippen LogP contribution < -0.4 is 4.90 Å². The van der Waals surface area contributed by atoms with Gasteiger partial charge >= 0.3 is 0 Å². The van der Waals surface area contributed by atoms with Crippen molar-refractivity contribution in [1.29, 1.82) is 0 Å². The molecule has 0 aromatic heterocycles. The summed E-state index contributed by atoms with van der Waals surface area (Å²) in [5.74, 6) is 0. The van der Waals surface area contributed by atoms with Crippen molar-refractivity contribution in [2.75, 3.05) is 19.0 Å². The zero-order valence-corrected chi connectivity index (χ0v) is 10.5. The minimum atomic E-state index is 0.811. The SMILES string of the molecule is Cc1c(N(C)C)ccc(C2=CC=CC2)c1C=O. The Hall–Kier alpha value is -1.83. The molecule has 1 aliphatic carbocycles. The monoisotopic (exact) mass is 227 g/mol. The smallest absolute Gasteiger partial charge is 0.151 e. The number of carbonyl (C=O) groups is 1. The van der Waals surface area contributed by atoms with E-state index in [-0.39, 0.29) is 0 Å². The summed E-state index contributed by atoms with van der Waals surface area (Å²) in [6, 6.07) is 4.13. The Morgan fingerprint density at radius 1 is 1.29 bits per heavy atom. The van der Waals surface area contributed by atoms with E-state index >= 15 is 0 Å². The van der Waals surface area contributed by atoms with Crippen LogP contribution in [0.15, 0.2) is 30.4 Å². The van der Waals surface area contributed by atoms with E-state index in [4.69, 9.17) is 0 Å². The minimum Gasteiger partial charge on any atom is -0.377 e. The van der Waals surface area contributed by atoms with E-state index in [0.29, 0.717) is 0 Å². The number of allylic oxidation sites excluding steroid dienone is 4. The molecule has 0 bridgehead atoms. The summed E-state index contributed by atoms with van der Waals surface area (Å²) in [5, 5.41) is 0. The number of hydrogen-bond acceptors (Lipinski definition) is 2. The third-order valence-electron chi connectivity index (χ3n) is 3.20. The summed E-state index contributed by atoms with van der Waals surface area (Å²) in [6.07, 6.45) is 8.12. The van der Waals surface area contributed by atoms with E-state index in [0.717, 1.165) is 35.1 Å². The molecular weight excluding hydrogens is 210 g/mol. The molecule has 0 unspecified atom stereocenters. The minimum absolute atomic E-state index is 0.811. The molecule has 0 atom stereocenters. The molecule has 88 valence electrons. The Balaban J connectivity index is 2.55. The highest BCUT2D eigenvalue weighted by Gasteiger charge is 2.13. The van der Waals surface area contributed by atoms with Gasteiger partial charge in [-0.15, -0.1) is 0 Å². The molecule has 0 fully saturated rings. The van der Waals surface area contributed by atoms with E-state index in [2.05, 4.69) is 18.2 Å². The van der Waals surface area contributed by atoms with Crippen molar-refractivity contribution in [1.82, 2.24) is 0 Å². The molecule has 2 rings (SSSR count). The summed E-state index contributed by atoms with van der Waals surface area (Å²) in [7, 11) is 3.99. The third kappa shape index (κ3) is 2.03. The molecule has 0 saturated carbocycles. The molecule has 0 aliphatic heterocycles. The van der Waals surface area contributed by atoms with Crippen molar-refractivity contribution in [2.24, 2.45) is 0 Å². The van der Waals surface area contributed by atoms with E-state index in [1.165, 1.54) is 5.57 Å². The topological polar surface area (TPSA) is 20.3 Å². The lowest BCUT2D eigenvalue weighted by molar-refractivity contribution is 0.112. The van der Waals surface area contributed by atoms with Crippen molar-refractivity contribution >= 4 is 17.5 Å². The maximum atomic E-state index is 11.3. The Labute approximate surface area is 102 Å². The molecule has 1 aliphatic rings. The van der Waals surface area contributed by atoms with Gasteiger partial charge in [0.15, 0.2) is 6.29 Å². The van der Waals surface area contributed by atoms with Gasteiger partial charge in [0.05, 0.1) is 0 Å². The van der Waals surface area contributed by atoms with Crippen molar-refractivity contribution in [3.05, 3.63) is 47.1 Å². The molecular formula is C15H17NO. The van der Waals surface area contributed by atoms with Gasteiger partial charge in [-0.1, -0.05) is 24.3 Å². The van der Waals surface area contributed by atoms with Crippen LogP contribution >= 0.6 is 0 Å². The van der Waals surface area contributed by atoms with Crippen LogP contribution in [-0.2, 0) is 0 Å². The number of rotatable bonds is 3. The molecule has 0 N–H and O–H groups in total. The number of aldehydes is 1. The summed E-state index contributed by atoms with van der Waals surface area (Å²) >= 11 is 0.